The third kappa shape index (κ3) is 1.81. The van der Waals surface area contributed by atoms with Gasteiger partial charge >= 0.3 is 6.09 Å². The van der Waals surface area contributed by atoms with Crippen LogP contribution < -0.4 is 5.73 Å². The minimum Gasteiger partial charge on any atom is -0.465 e. The first-order valence-corrected chi connectivity index (χ1v) is 3.53. The average Bonchev–Trinajstić information content (AvgIpc) is 1.94. The minimum absolute atomic E-state index is 0.135. The van der Waals surface area contributed by atoms with Gasteiger partial charge in [-0.1, -0.05) is 0 Å². The van der Waals surface area contributed by atoms with Crippen molar-refractivity contribution in [3.8, 4) is 0 Å². The zero-order valence-electron chi connectivity index (χ0n) is 6.10. The molecule has 1 aliphatic rings. The number of nitrogens with two attached hydrogens (primary N) is 1. The number of carbonyl (C=O) groups is 1. The van der Waals surface area contributed by atoms with E-state index in [1.807, 2.05) is 0 Å². The summed E-state index contributed by atoms with van der Waals surface area (Å²) in [4.78, 5) is 11.6. The zero-order chi connectivity index (χ0) is 8.43. The maximum absolute atomic E-state index is 10.4. The predicted octanol–water partition coefficient (Wildman–Crippen LogP) is -0.942. The summed E-state index contributed by atoms with van der Waals surface area (Å²) in [5.41, 5.74) is 5.47. The van der Waals surface area contributed by atoms with Crippen molar-refractivity contribution in [3.05, 3.63) is 0 Å². The topological polar surface area (TPSA) is 86.8 Å². The molecule has 2 atom stereocenters. The van der Waals surface area contributed by atoms with Crippen molar-refractivity contribution in [2.24, 2.45) is 5.73 Å². The summed E-state index contributed by atoms with van der Waals surface area (Å²) in [6.45, 7) is 0.560. The summed E-state index contributed by atoms with van der Waals surface area (Å²) in [5, 5.41) is 17.7. The van der Waals surface area contributed by atoms with Gasteiger partial charge in [0.05, 0.1) is 12.6 Å². The van der Waals surface area contributed by atoms with Crippen molar-refractivity contribution in [2.75, 3.05) is 13.1 Å². The van der Waals surface area contributed by atoms with Crippen molar-refractivity contribution in [3.63, 3.8) is 0 Å². The van der Waals surface area contributed by atoms with Crippen LogP contribution in [0.3, 0.4) is 0 Å². The zero-order valence-corrected chi connectivity index (χ0v) is 6.10. The van der Waals surface area contributed by atoms with Gasteiger partial charge in [-0.15, -0.1) is 0 Å². The number of aliphatic hydroxyl groups is 1. The number of nitrogens with zero attached hydrogens (tertiary/aromatic N) is 1. The molecule has 0 spiro atoms. The maximum Gasteiger partial charge on any atom is 0.407 e. The fourth-order valence-corrected chi connectivity index (χ4v) is 1.12. The van der Waals surface area contributed by atoms with Gasteiger partial charge in [0, 0.05) is 12.6 Å². The van der Waals surface area contributed by atoms with Gasteiger partial charge in [0.15, 0.2) is 0 Å². The van der Waals surface area contributed by atoms with Crippen LogP contribution in [0.5, 0.6) is 0 Å². The number of piperidine rings is 1. The van der Waals surface area contributed by atoms with E-state index in [0.29, 0.717) is 13.0 Å². The molecule has 0 aromatic carbocycles. The van der Waals surface area contributed by atoms with E-state index in [-0.39, 0.29) is 12.6 Å². The second-order valence-electron chi connectivity index (χ2n) is 2.75. The number of likely N-dealkylation sites (tertiary alicyclic amines) is 1. The number of hydrogen-bond acceptors (Lipinski definition) is 3. The van der Waals surface area contributed by atoms with Gasteiger partial charge < -0.3 is 20.8 Å². The summed E-state index contributed by atoms with van der Waals surface area (Å²) in [5.74, 6) is 0. The van der Waals surface area contributed by atoms with Gasteiger partial charge in [-0.25, -0.2) is 4.79 Å². The Morgan fingerprint density at radius 2 is 2.27 bits per heavy atom. The van der Waals surface area contributed by atoms with E-state index in [4.69, 9.17) is 15.9 Å². The highest BCUT2D eigenvalue weighted by molar-refractivity contribution is 5.65. The second kappa shape index (κ2) is 3.06. The molecule has 64 valence electrons. The summed E-state index contributed by atoms with van der Waals surface area (Å²) in [7, 11) is 0. The largest absolute Gasteiger partial charge is 0.465 e. The molecule has 0 saturated carbocycles. The Bertz CT molecular complexity index is 162. The number of β-amino-alcohol motifs (C(OH)–C–C–N with tert-alkyl or cyclic N) is 1. The lowest BCUT2D eigenvalue weighted by Crippen LogP contribution is -2.51. The number of carboxylic acid groups (broad SMARTS) is 1. The highest BCUT2D eigenvalue weighted by Gasteiger charge is 2.26. The molecule has 1 rings (SSSR count). The summed E-state index contributed by atoms with van der Waals surface area (Å²) >= 11 is 0. The molecule has 1 saturated heterocycles. The molecule has 0 aromatic rings. The van der Waals surface area contributed by atoms with Crippen LogP contribution in [0.25, 0.3) is 0 Å². The monoisotopic (exact) mass is 160 g/mol. The minimum atomic E-state index is -0.990. The van der Waals surface area contributed by atoms with E-state index in [9.17, 15) is 4.79 Å². The van der Waals surface area contributed by atoms with Crippen molar-refractivity contribution in [1.82, 2.24) is 4.90 Å². The predicted molar refractivity (Wildman–Crippen MR) is 38.2 cm³/mol. The lowest BCUT2D eigenvalue weighted by atomic mass is 10.0. The molecule has 1 heterocycles. The van der Waals surface area contributed by atoms with Crippen LogP contribution in [0.4, 0.5) is 4.79 Å². The first kappa shape index (κ1) is 8.29. The fourth-order valence-electron chi connectivity index (χ4n) is 1.12. The molecular formula is C6H12N2O3. The second-order valence-corrected chi connectivity index (χ2v) is 2.75. The third-order valence-corrected chi connectivity index (χ3v) is 1.90. The molecule has 5 heteroatoms. The SMILES string of the molecule is N[C@@H]1CCN(C(=O)O)C[C@H]1O. The van der Waals surface area contributed by atoms with E-state index in [1.54, 1.807) is 0 Å². The number of amides is 1. The Balaban J connectivity index is 2.46. The van der Waals surface area contributed by atoms with E-state index < -0.39 is 12.2 Å². The Morgan fingerprint density at radius 3 is 2.73 bits per heavy atom. The van der Waals surface area contributed by atoms with Gasteiger partial charge in [0.25, 0.3) is 0 Å². The standard InChI is InChI=1S/C6H12N2O3/c7-4-1-2-8(6(10)11)3-5(4)9/h4-5,9H,1-3,7H2,(H,10,11)/t4-,5-/m1/s1. The van der Waals surface area contributed by atoms with Crippen molar-refractivity contribution < 1.29 is 15.0 Å². The lowest BCUT2D eigenvalue weighted by Gasteiger charge is -2.31. The molecule has 1 amide bonds. The smallest absolute Gasteiger partial charge is 0.407 e. The van der Waals surface area contributed by atoms with Gasteiger partial charge in [-0.3, -0.25) is 0 Å². The van der Waals surface area contributed by atoms with E-state index in [1.165, 1.54) is 4.90 Å². The van der Waals surface area contributed by atoms with Crippen LogP contribution >= 0.6 is 0 Å². The molecule has 1 aliphatic heterocycles. The van der Waals surface area contributed by atoms with Crippen LogP contribution in [0.1, 0.15) is 6.42 Å². The first-order chi connectivity index (χ1) is 5.11. The highest BCUT2D eigenvalue weighted by atomic mass is 16.4. The van der Waals surface area contributed by atoms with Crippen LogP contribution in [-0.2, 0) is 0 Å². The lowest BCUT2D eigenvalue weighted by molar-refractivity contribution is 0.0523. The highest BCUT2D eigenvalue weighted by Crippen LogP contribution is 2.08. The Labute approximate surface area is 64.4 Å². The summed E-state index contributed by atoms with van der Waals surface area (Å²) < 4.78 is 0. The Hall–Kier alpha value is -0.810. The van der Waals surface area contributed by atoms with Gasteiger partial charge in [0.1, 0.15) is 0 Å². The molecule has 0 aromatic heterocycles. The van der Waals surface area contributed by atoms with Crippen molar-refractivity contribution >= 4 is 6.09 Å². The van der Waals surface area contributed by atoms with E-state index in [2.05, 4.69) is 0 Å². The van der Waals surface area contributed by atoms with Gasteiger partial charge in [-0.05, 0) is 6.42 Å². The van der Waals surface area contributed by atoms with Crippen LogP contribution in [0.2, 0.25) is 0 Å². The van der Waals surface area contributed by atoms with Crippen LogP contribution in [-0.4, -0.2) is 46.4 Å². The van der Waals surface area contributed by atoms with Crippen LogP contribution in [0.15, 0.2) is 0 Å². The number of hydrogen-bond donors (Lipinski definition) is 3. The average molecular weight is 160 g/mol. The number of rotatable bonds is 0. The maximum atomic E-state index is 10.4. The quantitative estimate of drug-likeness (QED) is 0.426. The molecule has 0 unspecified atom stereocenters. The summed E-state index contributed by atoms with van der Waals surface area (Å²) in [6.07, 6.45) is -1.16. The third-order valence-electron chi connectivity index (χ3n) is 1.90. The van der Waals surface area contributed by atoms with Crippen LogP contribution in [0, 0.1) is 0 Å². The molecular weight excluding hydrogens is 148 g/mol. The van der Waals surface area contributed by atoms with Crippen molar-refractivity contribution in [1.29, 1.82) is 0 Å². The molecule has 5 nitrogen and oxygen atoms in total. The Kier molecular flexibility index (Phi) is 2.31. The first-order valence-electron chi connectivity index (χ1n) is 3.53. The molecule has 0 bridgehead atoms. The fraction of sp³-hybridized carbons (Fsp3) is 0.833. The van der Waals surface area contributed by atoms with Gasteiger partial charge in [-0.2, -0.15) is 0 Å². The molecule has 0 radical (unpaired) electrons. The normalized spacial score (nSPS) is 32.0. The number of aliphatic hydroxyl groups excluding tert-OH is 1. The molecule has 0 aliphatic carbocycles. The van der Waals surface area contributed by atoms with E-state index >= 15 is 0 Å². The summed E-state index contributed by atoms with van der Waals surface area (Å²) in [6, 6.07) is -0.273. The van der Waals surface area contributed by atoms with Crippen molar-refractivity contribution in [2.45, 2.75) is 18.6 Å². The Morgan fingerprint density at radius 1 is 1.64 bits per heavy atom. The molecule has 1 fully saturated rings. The molecule has 11 heavy (non-hydrogen) atoms. The van der Waals surface area contributed by atoms with Gasteiger partial charge in [0.2, 0.25) is 0 Å². The molecule has 4 N–H and O–H groups in total. The van der Waals surface area contributed by atoms with E-state index in [0.717, 1.165) is 0 Å².